The van der Waals surface area contributed by atoms with Crippen LogP contribution in [0.25, 0.3) is 0 Å². The van der Waals surface area contributed by atoms with E-state index in [9.17, 15) is 8.78 Å². The summed E-state index contributed by atoms with van der Waals surface area (Å²) in [5, 5.41) is 0. The van der Waals surface area contributed by atoms with Crippen molar-refractivity contribution in [3.63, 3.8) is 0 Å². The van der Waals surface area contributed by atoms with E-state index in [1.807, 2.05) is 19.9 Å². The van der Waals surface area contributed by atoms with Gasteiger partial charge in [0.15, 0.2) is 0 Å². The average Bonchev–Trinajstić information content (AvgIpc) is 2.56. The van der Waals surface area contributed by atoms with Gasteiger partial charge < -0.3 is 9.64 Å². The van der Waals surface area contributed by atoms with Crippen molar-refractivity contribution in [2.24, 2.45) is 0 Å². The van der Waals surface area contributed by atoms with E-state index < -0.39 is 6.11 Å². The maximum Gasteiger partial charge on any atom is 0.353 e. The van der Waals surface area contributed by atoms with Gasteiger partial charge in [-0.05, 0) is 37.0 Å². The molecule has 0 N–H and O–H groups in total. The first kappa shape index (κ1) is 21.8. The molecule has 0 atom stereocenters. The fourth-order valence-electron chi connectivity index (χ4n) is 2.06. The van der Waals surface area contributed by atoms with Gasteiger partial charge in [-0.15, -0.1) is 0 Å². The van der Waals surface area contributed by atoms with Gasteiger partial charge in [0.1, 0.15) is 5.82 Å². The van der Waals surface area contributed by atoms with Crippen LogP contribution in [0.4, 0.5) is 14.6 Å². The molecule has 1 saturated heterocycles. The second-order valence-corrected chi connectivity index (χ2v) is 5.37. The van der Waals surface area contributed by atoms with E-state index >= 15 is 0 Å². The highest BCUT2D eigenvalue weighted by molar-refractivity contribution is 5.41. The third kappa shape index (κ3) is 10.2. The molecule has 0 aliphatic carbocycles. The number of piperidine rings is 1. The van der Waals surface area contributed by atoms with Gasteiger partial charge in [0.25, 0.3) is 0 Å². The molecule has 1 aliphatic rings. The molecule has 3 nitrogen and oxygen atoms in total. The van der Waals surface area contributed by atoms with Crippen LogP contribution >= 0.6 is 0 Å². The molecule has 1 aromatic rings. The number of anilines is 1. The summed E-state index contributed by atoms with van der Waals surface area (Å²) in [7, 11) is 0. The van der Waals surface area contributed by atoms with Gasteiger partial charge in [-0.1, -0.05) is 34.1 Å². The zero-order valence-corrected chi connectivity index (χ0v) is 15.2. The van der Waals surface area contributed by atoms with Crippen molar-refractivity contribution in [2.75, 3.05) is 18.0 Å². The maximum absolute atomic E-state index is 12.6. The molecule has 0 spiro atoms. The summed E-state index contributed by atoms with van der Waals surface area (Å²) in [6, 6.07) is 3.54. The van der Waals surface area contributed by atoms with Crippen LogP contribution in [0.5, 0.6) is 0 Å². The largest absolute Gasteiger partial charge is 0.357 e. The Morgan fingerprint density at radius 1 is 1.17 bits per heavy atom. The van der Waals surface area contributed by atoms with E-state index in [-0.39, 0.29) is 6.61 Å². The predicted molar refractivity (Wildman–Crippen MR) is 93.0 cm³/mol. The lowest BCUT2D eigenvalue weighted by Gasteiger charge is -2.28. The topological polar surface area (TPSA) is 25.4 Å². The predicted octanol–water partition coefficient (Wildman–Crippen LogP) is 5.64. The molecule has 0 aromatic carbocycles. The van der Waals surface area contributed by atoms with Gasteiger partial charge in [-0.2, -0.15) is 8.78 Å². The minimum atomic E-state index is -3.09. The summed E-state index contributed by atoms with van der Waals surface area (Å²) in [4.78, 5) is 6.48. The Kier molecular flexibility index (Phi) is 11.6. The van der Waals surface area contributed by atoms with E-state index in [2.05, 4.69) is 28.5 Å². The van der Waals surface area contributed by atoms with E-state index in [4.69, 9.17) is 0 Å². The molecule has 2 rings (SSSR count). The van der Waals surface area contributed by atoms with Gasteiger partial charge in [-0.3, -0.25) is 0 Å². The van der Waals surface area contributed by atoms with Crippen LogP contribution in [-0.2, 0) is 11.3 Å². The molecule has 0 radical (unpaired) electrons. The van der Waals surface area contributed by atoms with Crippen LogP contribution in [-0.4, -0.2) is 24.2 Å². The second-order valence-electron chi connectivity index (χ2n) is 5.37. The Morgan fingerprint density at radius 2 is 1.74 bits per heavy atom. The SMILES string of the molecule is CC.CC(F)(F)OCc1ccnc(N2CCCCC2)c1.CCC. The Balaban J connectivity index is 0.000000868. The number of hydrogen-bond donors (Lipinski definition) is 0. The number of rotatable bonds is 4. The summed E-state index contributed by atoms with van der Waals surface area (Å²) >= 11 is 0. The van der Waals surface area contributed by atoms with Crippen molar-refractivity contribution in [3.05, 3.63) is 23.9 Å². The molecule has 1 aromatic heterocycles. The monoisotopic (exact) mass is 330 g/mol. The molecule has 5 heteroatoms. The molecule has 2 heterocycles. The van der Waals surface area contributed by atoms with Crippen LogP contribution in [0.1, 0.15) is 65.9 Å². The number of nitrogens with zero attached hydrogens (tertiary/aromatic N) is 2. The van der Waals surface area contributed by atoms with Gasteiger partial charge in [0.05, 0.1) is 6.61 Å². The van der Waals surface area contributed by atoms with Gasteiger partial charge in [0, 0.05) is 26.2 Å². The molecular weight excluding hydrogens is 298 g/mol. The van der Waals surface area contributed by atoms with E-state index in [1.165, 1.54) is 12.8 Å². The fourth-order valence-corrected chi connectivity index (χ4v) is 2.06. The first-order valence-electron chi connectivity index (χ1n) is 8.68. The first-order valence-corrected chi connectivity index (χ1v) is 8.68. The number of pyridine rings is 1. The normalized spacial score (nSPS) is 14.3. The molecular formula is C18H32F2N2O. The number of aromatic nitrogens is 1. The molecule has 1 aliphatic heterocycles. The Hall–Kier alpha value is -1.23. The standard InChI is InChI=1S/C13H18F2N2O.C3H8.C2H6/c1-13(14,15)18-10-11-5-6-16-12(9-11)17-7-3-2-4-8-17;1-3-2;1-2/h5-6,9H,2-4,7-8,10H2,1H3;3H2,1-2H3;1-2H3. The minimum Gasteiger partial charge on any atom is -0.357 e. The number of hydrogen-bond acceptors (Lipinski definition) is 3. The summed E-state index contributed by atoms with van der Waals surface area (Å²) in [5.74, 6) is 0.857. The van der Waals surface area contributed by atoms with Crippen molar-refractivity contribution in [1.82, 2.24) is 4.98 Å². The van der Waals surface area contributed by atoms with Crippen LogP contribution in [0.3, 0.4) is 0 Å². The Labute approximate surface area is 140 Å². The summed E-state index contributed by atoms with van der Waals surface area (Å²) in [5.41, 5.74) is 0.729. The van der Waals surface area contributed by atoms with Crippen LogP contribution in [0.15, 0.2) is 18.3 Å². The molecule has 0 saturated carbocycles. The minimum absolute atomic E-state index is 0.0904. The van der Waals surface area contributed by atoms with E-state index in [0.717, 1.165) is 44.2 Å². The second kappa shape index (κ2) is 12.2. The molecule has 0 amide bonds. The van der Waals surface area contributed by atoms with Crippen molar-refractivity contribution >= 4 is 5.82 Å². The highest BCUT2D eigenvalue weighted by atomic mass is 19.3. The smallest absolute Gasteiger partial charge is 0.353 e. The lowest BCUT2D eigenvalue weighted by molar-refractivity contribution is -0.231. The van der Waals surface area contributed by atoms with Crippen molar-refractivity contribution < 1.29 is 13.5 Å². The first-order chi connectivity index (χ1) is 11.0. The molecule has 134 valence electrons. The third-order valence-corrected chi connectivity index (χ3v) is 2.98. The van der Waals surface area contributed by atoms with Crippen LogP contribution < -0.4 is 4.90 Å². The molecule has 23 heavy (non-hydrogen) atoms. The summed E-state index contributed by atoms with van der Waals surface area (Å²) in [6.45, 7) is 10.9. The van der Waals surface area contributed by atoms with Crippen molar-refractivity contribution in [1.29, 1.82) is 0 Å². The zero-order valence-electron chi connectivity index (χ0n) is 15.2. The Bertz CT molecular complexity index is 402. The number of ether oxygens (including phenoxy) is 1. The van der Waals surface area contributed by atoms with E-state index in [0.29, 0.717) is 0 Å². The summed E-state index contributed by atoms with van der Waals surface area (Å²) < 4.78 is 29.7. The van der Waals surface area contributed by atoms with Gasteiger partial charge in [-0.25, -0.2) is 4.98 Å². The van der Waals surface area contributed by atoms with Crippen molar-refractivity contribution in [2.45, 2.75) is 73.0 Å². The fraction of sp³-hybridized carbons (Fsp3) is 0.722. The third-order valence-electron chi connectivity index (χ3n) is 2.98. The Morgan fingerprint density at radius 3 is 2.26 bits per heavy atom. The lowest BCUT2D eigenvalue weighted by atomic mass is 10.1. The lowest BCUT2D eigenvalue weighted by Crippen LogP contribution is -2.30. The summed E-state index contributed by atoms with van der Waals surface area (Å²) in [6.07, 6.45) is 3.39. The van der Waals surface area contributed by atoms with Gasteiger partial charge >= 0.3 is 6.11 Å². The molecule has 1 fully saturated rings. The number of halogens is 2. The highest BCUT2D eigenvalue weighted by Gasteiger charge is 2.21. The molecule has 0 unspecified atom stereocenters. The highest BCUT2D eigenvalue weighted by Crippen LogP contribution is 2.20. The average molecular weight is 330 g/mol. The maximum atomic E-state index is 12.6. The van der Waals surface area contributed by atoms with E-state index in [1.54, 1.807) is 12.3 Å². The van der Waals surface area contributed by atoms with Crippen molar-refractivity contribution in [3.8, 4) is 0 Å². The zero-order chi connectivity index (χ0) is 17.7. The molecule has 0 bridgehead atoms. The van der Waals surface area contributed by atoms with Gasteiger partial charge in [0.2, 0.25) is 0 Å². The van der Waals surface area contributed by atoms with Crippen LogP contribution in [0, 0.1) is 0 Å². The number of alkyl halides is 2. The van der Waals surface area contributed by atoms with Crippen LogP contribution in [0.2, 0.25) is 0 Å². The quantitative estimate of drug-likeness (QED) is 0.714.